The van der Waals surface area contributed by atoms with Gasteiger partial charge in [0.2, 0.25) is 11.8 Å². The third-order valence-corrected chi connectivity index (χ3v) is 3.80. The topological polar surface area (TPSA) is 75.4 Å². The van der Waals surface area contributed by atoms with Gasteiger partial charge >= 0.3 is 0 Å². The Hall–Kier alpha value is -1.10. The molecule has 0 aromatic carbocycles. The van der Waals surface area contributed by atoms with Crippen LogP contribution in [0.4, 0.5) is 0 Å². The van der Waals surface area contributed by atoms with Crippen molar-refractivity contribution in [3.05, 3.63) is 0 Å². The number of hydrogen-bond donors (Lipinski definition) is 2. The predicted molar refractivity (Wildman–Crippen MR) is 70.9 cm³/mol. The average molecular weight is 255 g/mol. The molecule has 1 aliphatic rings. The summed E-state index contributed by atoms with van der Waals surface area (Å²) < 4.78 is 0. The summed E-state index contributed by atoms with van der Waals surface area (Å²) in [7, 11) is 0. The zero-order chi connectivity index (χ0) is 13.8. The Kier molecular flexibility index (Phi) is 5.14. The number of amides is 2. The lowest BCUT2D eigenvalue weighted by Gasteiger charge is -2.38. The molecule has 0 aliphatic carbocycles. The van der Waals surface area contributed by atoms with Gasteiger partial charge in [-0.1, -0.05) is 20.8 Å². The minimum absolute atomic E-state index is 0.0347. The third kappa shape index (κ3) is 3.70. The molecular formula is C13H25N3O2. The molecule has 1 aliphatic heterocycles. The lowest BCUT2D eigenvalue weighted by Crippen LogP contribution is -2.52. The van der Waals surface area contributed by atoms with Crippen LogP contribution in [0.1, 0.15) is 40.0 Å². The molecule has 0 aromatic heterocycles. The maximum Gasteiger partial charge on any atom is 0.237 e. The molecule has 5 nitrogen and oxygen atoms in total. The Morgan fingerprint density at radius 1 is 1.33 bits per heavy atom. The third-order valence-electron chi connectivity index (χ3n) is 3.80. The minimum atomic E-state index is -0.436. The van der Waals surface area contributed by atoms with E-state index in [1.807, 2.05) is 20.8 Å². The molecule has 0 radical (unpaired) electrons. The van der Waals surface area contributed by atoms with Crippen LogP contribution in [-0.4, -0.2) is 42.4 Å². The number of rotatable bonds is 5. The van der Waals surface area contributed by atoms with Gasteiger partial charge in [-0.25, -0.2) is 0 Å². The van der Waals surface area contributed by atoms with E-state index in [9.17, 15) is 9.59 Å². The first kappa shape index (κ1) is 15.0. The Balaban J connectivity index is 2.82. The Morgan fingerprint density at radius 3 is 2.33 bits per heavy atom. The Morgan fingerprint density at radius 2 is 1.89 bits per heavy atom. The maximum atomic E-state index is 12.5. The fourth-order valence-electron chi connectivity index (χ4n) is 2.19. The molecule has 1 rings (SSSR count). The number of hydrogen-bond acceptors (Lipinski definition) is 3. The highest BCUT2D eigenvalue weighted by Crippen LogP contribution is 2.26. The molecular weight excluding hydrogens is 230 g/mol. The summed E-state index contributed by atoms with van der Waals surface area (Å²) in [6.45, 7) is 7.64. The van der Waals surface area contributed by atoms with Crippen LogP contribution < -0.4 is 11.1 Å². The van der Waals surface area contributed by atoms with Crippen molar-refractivity contribution in [3.8, 4) is 0 Å². The highest BCUT2D eigenvalue weighted by molar-refractivity contribution is 5.87. The van der Waals surface area contributed by atoms with Gasteiger partial charge in [-0.05, 0) is 32.4 Å². The summed E-state index contributed by atoms with van der Waals surface area (Å²) >= 11 is 0. The van der Waals surface area contributed by atoms with Crippen molar-refractivity contribution >= 4 is 11.8 Å². The van der Waals surface area contributed by atoms with Gasteiger partial charge in [0.05, 0.1) is 6.54 Å². The van der Waals surface area contributed by atoms with Crippen molar-refractivity contribution in [2.24, 2.45) is 11.1 Å². The smallest absolute Gasteiger partial charge is 0.237 e. The molecule has 5 heteroatoms. The van der Waals surface area contributed by atoms with Crippen LogP contribution in [0.3, 0.4) is 0 Å². The quantitative estimate of drug-likeness (QED) is 0.750. The number of nitrogens with one attached hydrogen (secondary N) is 1. The van der Waals surface area contributed by atoms with E-state index in [0.717, 1.165) is 32.4 Å². The summed E-state index contributed by atoms with van der Waals surface area (Å²) in [6.07, 6.45) is 2.53. The number of carbonyl (C=O) groups excluding carboxylic acids is 2. The van der Waals surface area contributed by atoms with Crippen molar-refractivity contribution in [3.63, 3.8) is 0 Å². The number of nitrogens with zero attached hydrogens (tertiary/aromatic N) is 1. The number of primary amides is 1. The van der Waals surface area contributed by atoms with Crippen LogP contribution in [0.5, 0.6) is 0 Å². The van der Waals surface area contributed by atoms with Crippen LogP contribution in [0.25, 0.3) is 0 Å². The van der Waals surface area contributed by atoms with Crippen molar-refractivity contribution < 1.29 is 9.59 Å². The number of piperidine rings is 1. The van der Waals surface area contributed by atoms with Crippen molar-refractivity contribution in [2.75, 3.05) is 19.6 Å². The Bertz CT molecular complexity index is 309. The Labute approximate surface area is 109 Å². The summed E-state index contributed by atoms with van der Waals surface area (Å²) in [5.41, 5.74) is 4.84. The fraction of sp³-hybridized carbons (Fsp3) is 0.846. The molecule has 0 aromatic rings. The lowest BCUT2D eigenvalue weighted by molar-refractivity contribution is -0.146. The first-order valence-electron chi connectivity index (χ1n) is 6.68. The number of carbonyl (C=O) groups is 2. The van der Waals surface area contributed by atoms with E-state index < -0.39 is 11.3 Å². The van der Waals surface area contributed by atoms with Gasteiger partial charge in [-0.15, -0.1) is 0 Å². The van der Waals surface area contributed by atoms with Crippen LogP contribution in [0.2, 0.25) is 0 Å². The fourth-order valence-corrected chi connectivity index (χ4v) is 2.19. The van der Waals surface area contributed by atoms with E-state index in [1.54, 1.807) is 4.90 Å². The van der Waals surface area contributed by atoms with E-state index in [2.05, 4.69) is 5.32 Å². The van der Waals surface area contributed by atoms with Gasteiger partial charge in [-0.2, -0.15) is 0 Å². The van der Waals surface area contributed by atoms with Gasteiger partial charge < -0.3 is 16.0 Å². The molecule has 1 saturated heterocycles. The van der Waals surface area contributed by atoms with Gasteiger partial charge in [0.25, 0.3) is 0 Å². The van der Waals surface area contributed by atoms with Gasteiger partial charge in [-0.3, -0.25) is 9.59 Å². The molecule has 0 bridgehead atoms. The monoisotopic (exact) mass is 255 g/mol. The molecule has 0 atom stereocenters. The second kappa shape index (κ2) is 6.18. The molecule has 2 amide bonds. The summed E-state index contributed by atoms with van der Waals surface area (Å²) in [5, 5.41) is 3.26. The molecule has 1 heterocycles. The van der Waals surface area contributed by atoms with Crippen molar-refractivity contribution in [1.82, 2.24) is 10.2 Å². The molecule has 0 unspecified atom stereocenters. The normalized spacial score (nSPS) is 17.5. The largest absolute Gasteiger partial charge is 0.368 e. The SMILES string of the molecule is CCC(C)(C)C(=O)N(CC(N)=O)C1CCNCC1. The van der Waals surface area contributed by atoms with E-state index in [0.29, 0.717) is 0 Å². The first-order chi connectivity index (χ1) is 8.38. The molecule has 1 fully saturated rings. The van der Waals surface area contributed by atoms with Gasteiger partial charge in [0, 0.05) is 11.5 Å². The first-order valence-corrected chi connectivity index (χ1v) is 6.68. The molecule has 104 valence electrons. The molecule has 3 N–H and O–H groups in total. The molecule has 0 spiro atoms. The molecule has 18 heavy (non-hydrogen) atoms. The summed E-state index contributed by atoms with van der Waals surface area (Å²) in [5.74, 6) is -0.399. The van der Waals surface area contributed by atoms with E-state index >= 15 is 0 Å². The maximum absolute atomic E-state index is 12.5. The highest BCUT2D eigenvalue weighted by Gasteiger charge is 2.35. The van der Waals surface area contributed by atoms with E-state index in [1.165, 1.54) is 0 Å². The van der Waals surface area contributed by atoms with Crippen LogP contribution in [-0.2, 0) is 9.59 Å². The van der Waals surface area contributed by atoms with E-state index in [-0.39, 0.29) is 18.5 Å². The number of nitrogens with two attached hydrogens (primary N) is 1. The zero-order valence-corrected chi connectivity index (χ0v) is 11.7. The average Bonchev–Trinajstić information content (AvgIpc) is 2.36. The summed E-state index contributed by atoms with van der Waals surface area (Å²) in [6, 6.07) is 0.136. The second-order valence-electron chi connectivity index (χ2n) is 5.62. The van der Waals surface area contributed by atoms with E-state index in [4.69, 9.17) is 5.73 Å². The minimum Gasteiger partial charge on any atom is -0.368 e. The van der Waals surface area contributed by atoms with Crippen molar-refractivity contribution in [1.29, 1.82) is 0 Å². The van der Waals surface area contributed by atoms with Crippen LogP contribution in [0, 0.1) is 5.41 Å². The molecule has 0 saturated carbocycles. The lowest BCUT2D eigenvalue weighted by atomic mass is 9.87. The second-order valence-corrected chi connectivity index (χ2v) is 5.62. The standard InChI is InChI=1S/C13H25N3O2/c1-4-13(2,3)12(18)16(9-11(14)17)10-5-7-15-8-6-10/h10,15H,4-9H2,1-3H3,(H2,14,17). The van der Waals surface area contributed by atoms with Crippen LogP contribution >= 0.6 is 0 Å². The van der Waals surface area contributed by atoms with Gasteiger partial charge in [0.1, 0.15) is 0 Å². The summed E-state index contributed by atoms with van der Waals surface area (Å²) in [4.78, 5) is 25.4. The highest BCUT2D eigenvalue weighted by atomic mass is 16.2. The predicted octanol–water partition coefficient (Wildman–Crippen LogP) is 0.489. The van der Waals surface area contributed by atoms with Crippen molar-refractivity contribution in [2.45, 2.75) is 46.1 Å². The zero-order valence-electron chi connectivity index (χ0n) is 11.7. The van der Waals surface area contributed by atoms with Gasteiger partial charge in [0.15, 0.2) is 0 Å². The van der Waals surface area contributed by atoms with Crippen LogP contribution in [0.15, 0.2) is 0 Å².